The Bertz CT molecular complexity index is 216. The molecule has 1 heteroatoms. The van der Waals surface area contributed by atoms with Gasteiger partial charge in [-0.25, -0.2) is 0 Å². The second kappa shape index (κ2) is 5.66. The first kappa shape index (κ1) is 9.89. The van der Waals surface area contributed by atoms with Crippen LogP contribution in [0.25, 0.3) is 0 Å². The number of hydrogen-bond acceptors (Lipinski definition) is 1. The van der Waals surface area contributed by atoms with Gasteiger partial charge in [-0.1, -0.05) is 37.6 Å². The fourth-order valence-electron chi connectivity index (χ4n) is 0.743. The van der Waals surface area contributed by atoms with Crippen molar-refractivity contribution in [2.24, 2.45) is 0 Å². The fraction of sp³-hybridized carbons (Fsp3) is 0.300. The number of aryl methyl sites for hydroxylation is 1. The van der Waals surface area contributed by atoms with Gasteiger partial charge in [0.2, 0.25) is 0 Å². The van der Waals surface area contributed by atoms with E-state index in [-0.39, 0.29) is 0 Å². The highest BCUT2D eigenvalue weighted by atomic mass is 16.1. The maximum absolute atomic E-state index is 10.2. The average molecular weight is 150 g/mol. The Morgan fingerprint density at radius 2 is 1.91 bits per heavy atom. The molecule has 60 valence electrons. The van der Waals surface area contributed by atoms with Gasteiger partial charge in [-0.2, -0.15) is 0 Å². The van der Waals surface area contributed by atoms with Crippen molar-refractivity contribution in [3.8, 4) is 0 Å². The van der Waals surface area contributed by atoms with Crippen molar-refractivity contribution in [3.63, 3.8) is 0 Å². The number of benzene rings is 1. The Kier molecular flexibility index (Phi) is 5.09. The third-order valence-electron chi connectivity index (χ3n) is 1.18. The van der Waals surface area contributed by atoms with E-state index in [9.17, 15) is 4.79 Å². The van der Waals surface area contributed by atoms with E-state index in [0.29, 0.717) is 0 Å². The van der Waals surface area contributed by atoms with Crippen LogP contribution in [0.5, 0.6) is 0 Å². The molecule has 0 aromatic heterocycles. The van der Waals surface area contributed by atoms with Gasteiger partial charge >= 0.3 is 0 Å². The van der Waals surface area contributed by atoms with E-state index in [1.807, 2.05) is 39.0 Å². The highest BCUT2D eigenvalue weighted by Gasteiger charge is 1.86. The van der Waals surface area contributed by atoms with Gasteiger partial charge in [-0.15, -0.1) is 0 Å². The van der Waals surface area contributed by atoms with Crippen LogP contribution < -0.4 is 0 Å². The quantitative estimate of drug-likeness (QED) is 0.562. The molecule has 0 fully saturated rings. The molecule has 1 nitrogen and oxygen atoms in total. The zero-order chi connectivity index (χ0) is 8.69. The van der Waals surface area contributed by atoms with Crippen LogP contribution in [0.4, 0.5) is 0 Å². The van der Waals surface area contributed by atoms with Crippen molar-refractivity contribution in [1.82, 2.24) is 0 Å². The summed E-state index contributed by atoms with van der Waals surface area (Å²) in [5.74, 6) is 0. The number of rotatable bonds is 1. The largest absolute Gasteiger partial charge is 0.298 e. The summed E-state index contributed by atoms with van der Waals surface area (Å²) >= 11 is 0. The fourth-order valence-corrected chi connectivity index (χ4v) is 0.743. The van der Waals surface area contributed by atoms with Gasteiger partial charge in [0.25, 0.3) is 0 Å². The predicted molar refractivity (Wildman–Crippen MR) is 47.9 cm³/mol. The molecule has 0 aliphatic heterocycles. The molecule has 1 aromatic carbocycles. The van der Waals surface area contributed by atoms with E-state index < -0.39 is 0 Å². The summed E-state index contributed by atoms with van der Waals surface area (Å²) in [6.07, 6.45) is 0.854. The molecular weight excluding hydrogens is 136 g/mol. The summed E-state index contributed by atoms with van der Waals surface area (Å²) < 4.78 is 0. The second-order valence-electron chi connectivity index (χ2n) is 2.03. The maximum Gasteiger partial charge on any atom is 0.150 e. The van der Waals surface area contributed by atoms with Gasteiger partial charge in [0.05, 0.1) is 0 Å². The number of carbonyl (C=O) groups is 1. The Morgan fingerprint density at radius 3 is 2.27 bits per heavy atom. The van der Waals surface area contributed by atoms with Crippen molar-refractivity contribution in [2.45, 2.75) is 20.8 Å². The Balaban J connectivity index is 0.000000461. The van der Waals surface area contributed by atoms with Crippen LogP contribution in [0.1, 0.15) is 29.8 Å². The minimum absolute atomic E-state index is 0.745. The Labute approximate surface area is 68.1 Å². The monoisotopic (exact) mass is 150 g/mol. The molecule has 0 unspecified atom stereocenters. The van der Waals surface area contributed by atoms with E-state index in [1.54, 1.807) is 6.07 Å². The van der Waals surface area contributed by atoms with Crippen LogP contribution in [0.2, 0.25) is 0 Å². The summed E-state index contributed by atoms with van der Waals surface area (Å²) in [4.78, 5) is 10.2. The van der Waals surface area contributed by atoms with Gasteiger partial charge in [0.1, 0.15) is 6.29 Å². The van der Waals surface area contributed by atoms with E-state index in [0.717, 1.165) is 17.4 Å². The predicted octanol–water partition coefficient (Wildman–Crippen LogP) is 2.83. The van der Waals surface area contributed by atoms with Gasteiger partial charge in [0, 0.05) is 5.56 Å². The highest BCUT2D eigenvalue weighted by molar-refractivity contribution is 5.74. The molecular formula is C10H14O. The lowest BCUT2D eigenvalue weighted by atomic mass is 10.2. The first-order chi connectivity index (χ1) is 5.33. The number of aldehydes is 1. The molecule has 0 aliphatic rings. The standard InChI is InChI=1S/C8H8O.C2H6/c1-7-3-2-4-8(5-7)6-9;1-2/h2-6H,1H3;1-2H3. The molecule has 0 bridgehead atoms. The normalized spacial score (nSPS) is 7.91. The maximum atomic E-state index is 10.2. The zero-order valence-corrected chi connectivity index (χ0v) is 7.29. The first-order valence-electron chi connectivity index (χ1n) is 3.85. The van der Waals surface area contributed by atoms with E-state index in [4.69, 9.17) is 0 Å². The molecule has 0 N–H and O–H groups in total. The van der Waals surface area contributed by atoms with Crippen LogP contribution in [0.15, 0.2) is 24.3 Å². The SMILES string of the molecule is CC.Cc1cccc(C=O)c1. The van der Waals surface area contributed by atoms with Crippen molar-refractivity contribution >= 4 is 6.29 Å². The van der Waals surface area contributed by atoms with Gasteiger partial charge < -0.3 is 0 Å². The minimum Gasteiger partial charge on any atom is -0.298 e. The minimum atomic E-state index is 0.745. The third-order valence-corrected chi connectivity index (χ3v) is 1.18. The van der Waals surface area contributed by atoms with Crippen LogP contribution in [0.3, 0.4) is 0 Å². The van der Waals surface area contributed by atoms with Crippen LogP contribution in [0, 0.1) is 6.92 Å². The molecule has 0 saturated carbocycles. The van der Waals surface area contributed by atoms with Crippen molar-refractivity contribution in [3.05, 3.63) is 35.4 Å². The number of hydrogen-bond donors (Lipinski definition) is 0. The second-order valence-corrected chi connectivity index (χ2v) is 2.03. The van der Waals surface area contributed by atoms with Crippen molar-refractivity contribution in [1.29, 1.82) is 0 Å². The first-order valence-corrected chi connectivity index (χ1v) is 3.85. The number of carbonyl (C=O) groups excluding carboxylic acids is 1. The van der Waals surface area contributed by atoms with Gasteiger partial charge in [-0.05, 0) is 13.0 Å². The summed E-state index contributed by atoms with van der Waals surface area (Å²) in [7, 11) is 0. The van der Waals surface area contributed by atoms with Gasteiger partial charge in [-0.3, -0.25) is 4.79 Å². The molecule has 0 amide bonds. The Hall–Kier alpha value is -1.11. The molecule has 11 heavy (non-hydrogen) atoms. The van der Waals surface area contributed by atoms with E-state index in [1.165, 1.54) is 0 Å². The third kappa shape index (κ3) is 3.56. The summed E-state index contributed by atoms with van der Waals surface area (Å²) in [6, 6.07) is 7.49. The lowest BCUT2D eigenvalue weighted by Crippen LogP contribution is -1.78. The topological polar surface area (TPSA) is 17.1 Å². The molecule has 0 heterocycles. The van der Waals surface area contributed by atoms with E-state index >= 15 is 0 Å². The summed E-state index contributed by atoms with van der Waals surface area (Å²) in [6.45, 7) is 5.97. The van der Waals surface area contributed by atoms with Crippen molar-refractivity contribution < 1.29 is 4.79 Å². The molecule has 0 aliphatic carbocycles. The summed E-state index contributed by atoms with van der Waals surface area (Å²) in [5, 5.41) is 0. The molecule has 0 spiro atoms. The lowest BCUT2D eigenvalue weighted by molar-refractivity contribution is 0.112. The molecule has 1 rings (SSSR count). The molecule has 0 radical (unpaired) electrons. The lowest BCUT2D eigenvalue weighted by Gasteiger charge is -1.89. The van der Waals surface area contributed by atoms with Crippen LogP contribution in [-0.4, -0.2) is 6.29 Å². The average Bonchev–Trinajstić information content (AvgIpc) is 2.08. The van der Waals surface area contributed by atoms with Crippen molar-refractivity contribution in [2.75, 3.05) is 0 Å². The highest BCUT2D eigenvalue weighted by Crippen LogP contribution is 1.99. The van der Waals surface area contributed by atoms with Gasteiger partial charge in [0.15, 0.2) is 0 Å². The Morgan fingerprint density at radius 1 is 1.27 bits per heavy atom. The smallest absolute Gasteiger partial charge is 0.150 e. The van der Waals surface area contributed by atoms with E-state index in [2.05, 4.69) is 0 Å². The molecule has 1 aromatic rings. The van der Waals surface area contributed by atoms with Crippen LogP contribution in [-0.2, 0) is 0 Å². The molecule has 0 saturated heterocycles. The zero-order valence-electron chi connectivity index (χ0n) is 7.29. The molecule has 0 atom stereocenters. The van der Waals surface area contributed by atoms with Crippen LogP contribution >= 0.6 is 0 Å². The summed E-state index contributed by atoms with van der Waals surface area (Å²) in [5.41, 5.74) is 1.87.